The van der Waals surface area contributed by atoms with Crippen LogP contribution in [0.25, 0.3) is 10.8 Å². The van der Waals surface area contributed by atoms with Crippen LogP contribution >= 0.6 is 38.9 Å². The van der Waals surface area contributed by atoms with Crippen LogP contribution in [0.15, 0.2) is 50.1 Å². The van der Waals surface area contributed by atoms with Gasteiger partial charge in [-0.2, -0.15) is 0 Å². The lowest BCUT2D eigenvalue weighted by Crippen LogP contribution is -2.48. The third kappa shape index (κ3) is 7.73. The minimum absolute atomic E-state index is 0.0679. The van der Waals surface area contributed by atoms with Crippen molar-refractivity contribution in [3.8, 4) is 0 Å². The third-order valence-electron chi connectivity index (χ3n) is 6.50. The van der Waals surface area contributed by atoms with Crippen LogP contribution in [0.5, 0.6) is 0 Å². The molecule has 2 amide bonds. The second-order valence-corrected chi connectivity index (χ2v) is 15.5. The summed E-state index contributed by atoms with van der Waals surface area (Å²) in [6.07, 6.45) is -0.704. The lowest BCUT2D eigenvalue weighted by Gasteiger charge is -2.34. The van der Waals surface area contributed by atoms with Gasteiger partial charge < -0.3 is 14.2 Å². The SMILES string of the molecule is Cn1c(CN2CCN(C(=O)CCS(=O)(=O)c3ccc4cc(Cl)ccc4c3)CC2)c(Br)sc1=NC(=O)OC(C)(C)C. The van der Waals surface area contributed by atoms with E-state index in [-0.39, 0.29) is 23.0 Å². The minimum atomic E-state index is -3.61. The number of halogens is 2. The molecule has 4 rings (SSSR count). The first kappa shape index (κ1) is 30.7. The van der Waals surface area contributed by atoms with E-state index in [2.05, 4.69) is 25.8 Å². The van der Waals surface area contributed by atoms with Gasteiger partial charge in [-0.15, -0.1) is 4.99 Å². The number of amides is 2. The molecule has 0 radical (unpaired) electrons. The number of aromatic nitrogens is 1. The summed E-state index contributed by atoms with van der Waals surface area (Å²) in [6.45, 7) is 8.30. The molecule has 1 fully saturated rings. The van der Waals surface area contributed by atoms with Crippen molar-refractivity contribution in [2.75, 3.05) is 31.9 Å². The quantitative estimate of drug-likeness (QED) is 0.366. The van der Waals surface area contributed by atoms with Crippen molar-refractivity contribution < 1.29 is 22.7 Å². The number of piperazine rings is 1. The van der Waals surface area contributed by atoms with E-state index in [1.807, 2.05) is 11.6 Å². The Balaban J connectivity index is 1.32. The maximum atomic E-state index is 12.9. The van der Waals surface area contributed by atoms with Gasteiger partial charge in [0.15, 0.2) is 14.6 Å². The Morgan fingerprint density at radius 2 is 1.73 bits per heavy atom. The Morgan fingerprint density at radius 3 is 2.40 bits per heavy atom. The molecule has 0 spiro atoms. The van der Waals surface area contributed by atoms with Gasteiger partial charge in [-0.25, -0.2) is 13.2 Å². The minimum Gasteiger partial charge on any atom is -0.442 e. The molecule has 0 unspecified atom stereocenters. The zero-order valence-corrected chi connectivity index (χ0v) is 26.8. The van der Waals surface area contributed by atoms with Gasteiger partial charge in [0.05, 0.1) is 20.1 Å². The summed E-state index contributed by atoms with van der Waals surface area (Å²) in [5.74, 6) is -0.413. The number of fused-ring (bicyclic) bond motifs is 1. The van der Waals surface area contributed by atoms with E-state index in [4.69, 9.17) is 16.3 Å². The fourth-order valence-electron chi connectivity index (χ4n) is 4.34. The maximum absolute atomic E-state index is 12.9. The standard InChI is InChI=1S/C27H32BrClN4O5S2/c1-27(2,3)38-26(35)30-25-31(4)22(24(28)39-25)17-32-10-12-33(13-11-32)23(34)9-14-40(36,37)21-8-6-18-15-20(29)7-5-19(18)16-21/h5-8,15-16H,9-14,17H2,1-4H3. The van der Waals surface area contributed by atoms with E-state index >= 15 is 0 Å². The molecule has 0 atom stereocenters. The summed E-state index contributed by atoms with van der Waals surface area (Å²) < 4.78 is 33.9. The summed E-state index contributed by atoms with van der Waals surface area (Å²) in [6, 6.07) is 10.2. The van der Waals surface area contributed by atoms with Crippen molar-refractivity contribution >= 4 is 71.5 Å². The predicted octanol–water partition coefficient (Wildman–Crippen LogP) is 5.00. The average Bonchev–Trinajstić information content (AvgIpc) is 3.13. The van der Waals surface area contributed by atoms with Gasteiger partial charge in [-0.3, -0.25) is 9.69 Å². The van der Waals surface area contributed by atoms with Gasteiger partial charge in [-0.05, 0) is 71.7 Å². The number of hydrogen-bond donors (Lipinski definition) is 0. The van der Waals surface area contributed by atoms with E-state index in [9.17, 15) is 18.0 Å². The van der Waals surface area contributed by atoms with Crippen LogP contribution < -0.4 is 4.80 Å². The van der Waals surface area contributed by atoms with Crippen molar-refractivity contribution in [3.63, 3.8) is 0 Å². The molecular formula is C27H32BrClN4O5S2. The molecule has 2 heterocycles. The van der Waals surface area contributed by atoms with Crippen LogP contribution in [0.4, 0.5) is 4.79 Å². The molecule has 9 nitrogen and oxygen atoms in total. The Labute approximate surface area is 251 Å². The lowest BCUT2D eigenvalue weighted by atomic mass is 10.1. The number of carbonyl (C=O) groups is 2. The van der Waals surface area contributed by atoms with Crippen molar-refractivity contribution in [2.24, 2.45) is 12.0 Å². The summed E-state index contributed by atoms with van der Waals surface area (Å²) in [5, 5.41) is 2.23. The van der Waals surface area contributed by atoms with Crippen LogP contribution in [0, 0.1) is 0 Å². The topological polar surface area (TPSA) is 101 Å². The number of hydrogen-bond acceptors (Lipinski definition) is 7. The molecule has 40 heavy (non-hydrogen) atoms. The Hall–Kier alpha value is -2.25. The Bertz CT molecular complexity index is 1600. The van der Waals surface area contributed by atoms with Gasteiger partial charge >= 0.3 is 6.09 Å². The summed E-state index contributed by atoms with van der Waals surface area (Å²) >= 11 is 11.0. The normalized spacial score (nSPS) is 15.6. The summed E-state index contributed by atoms with van der Waals surface area (Å²) in [7, 11) is -1.76. The molecule has 216 valence electrons. The molecule has 1 saturated heterocycles. The second kappa shape index (κ2) is 12.3. The molecule has 3 aromatic rings. The predicted molar refractivity (Wildman–Crippen MR) is 160 cm³/mol. The Morgan fingerprint density at radius 1 is 1.07 bits per heavy atom. The number of benzene rings is 2. The van der Waals surface area contributed by atoms with E-state index in [1.54, 1.807) is 62.1 Å². The Kier molecular flexibility index (Phi) is 9.45. The second-order valence-electron chi connectivity index (χ2n) is 10.6. The molecule has 0 N–H and O–H groups in total. The number of ether oxygens (including phenoxy) is 1. The molecule has 0 aliphatic carbocycles. The van der Waals surface area contributed by atoms with E-state index in [0.717, 1.165) is 20.3 Å². The largest absolute Gasteiger partial charge is 0.442 e. The number of sulfone groups is 1. The molecule has 1 aliphatic heterocycles. The van der Waals surface area contributed by atoms with Gasteiger partial charge in [0.25, 0.3) is 0 Å². The van der Waals surface area contributed by atoms with Gasteiger partial charge in [0, 0.05) is 51.2 Å². The third-order valence-corrected chi connectivity index (χ3v) is 10.4. The molecule has 1 aromatic heterocycles. The van der Waals surface area contributed by atoms with Crippen LogP contribution in [-0.2, 0) is 33.0 Å². The van der Waals surface area contributed by atoms with Crippen molar-refractivity contribution in [1.29, 1.82) is 0 Å². The number of rotatable bonds is 6. The van der Waals surface area contributed by atoms with E-state index < -0.39 is 21.5 Å². The highest BCUT2D eigenvalue weighted by molar-refractivity contribution is 9.11. The molecule has 2 aromatic carbocycles. The van der Waals surface area contributed by atoms with E-state index in [1.165, 1.54) is 11.3 Å². The first-order chi connectivity index (χ1) is 18.7. The fraction of sp³-hybridized carbons (Fsp3) is 0.444. The molecular weight excluding hydrogens is 640 g/mol. The van der Waals surface area contributed by atoms with Crippen LogP contribution in [0.1, 0.15) is 32.9 Å². The zero-order chi connectivity index (χ0) is 29.2. The van der Waals surface area contributed by atoms with Crippen LogP contribution in [0.2, 0.25) is 5.02 Å². The molecule has 13 heteroatoms. The molecule has 0 bridgehead atoms. The highest BCUT2D eigenvalue weighted by Crippen LogP contribution is 2.24. The monoisotopic (exact) mass is 670 g/mol. The van der Waals surface area contributed by atoms with Crippen LogP contribution in [-0.4, -0.2) is 72.3 Å². The fourth-order valence-corrected chi connectivity index (χ4v) is 7.45. The molecule has 1 aliphatic rings. The summed E-state index contributed by atoms with van der Waals surface area (Å²) in [4.78, 5) is 33.8. The van der Waals surface area contributed by atoms with Crippen molar-refractivity contribution in [2.45, 2.75) is 44.2 Å². The van der Waals surface area contributed by atoms with Gasteiger partial charge in [0.1, 0.15) is 5.60 Å². The number of thiazole rings is 1. The highest BCUT2D eigenvalue weighted by atomic mass is 79.9. The smallest absolute Gasteiger partial charge is 0.436 e. The van der Waals surface area contributed by atoms with Gasteiger partial charge in [0.2, 0.25) is 5.91 Å². The van der Waals surface area contributed by atoms with E-state index in [0.29, 0.717) is 42.5 Å². The lowest BCUT2D eigenvalue weighted by molar-refractivity contribution is -0.132. The number of nitrogens with zero attached hydrogens (tertiary/aromatic N) is 4. The molecule has 0 saturated carbocycles. The van der Waals surface area contributed by atoms with Gasteiger partial charge in [-0.1, -0.05) is 35.1 Å². The first-order valence-corrected chi connectivity index (χ1v) is 16.4. The van der Waals surface area contributed by atoms with Crippen molar-refractivity contribution in [3.05, 3.63) is 55.7 Å². The number of carbonyl (C=O) groups excluding carboxylic acids is 2. The zero-order valence-electron chi connectivity index (χ0n) is 22.8. The maximum Gasteiger partial charge on any atom is 0.436 e. The van der Waals surface area contributed by atoms with Crippen LogP contribution in [0.3, 0.4) is 0 Å². The highest BCUT2D eigenvalue weighted by Gasteiger charge is 2.25. The summed E-state index contributed by atoms with van der Waals surface area (Å²) in [5.41, 5.74) is 0.347. The van der Waals surface area contributed by atoms with Crippen molar-refractivity contribution in [1.82, 2.24) is 14.4 Å². The first-order valence-electron chi connectivity index (χ1n) is 12.8. The average molecular weight is 672 g/mol.